The van der Waals surface area contributed by atoms with Crippen molar-refractivity contribution in [3.05, 3.63) is 30.1 Å². The summed E-state index contributed by atoms with van der Waals surface area (Å²) in [5, 5.41) is 16.6. The zero-order valence-corrected chi connectivity index (χ0v) is 15.0. The predicted octanol–water partition coefficient (Wildman–Crippen LogP) is 1.11. The fraction of sp³-hybridized carbons (Fsp3) is 0.667. The Balaban J connectivity index is 1.63. The van der Waals surface area contributed by atoms with Gasteiger partial charge in [0.15, 0.2) is 5.96 Å². The molecule has 0 aromatic carbocycles. The van der Waals surface area contributed by atoms with E-state index >= 15 is 0 Å². The Bertz CT molecular complexity index is 492. The van der Waals surface area contributed by atoms with E-state index in [1.54, 1.807) is 24.5 Å². The van der Waals surface area contributed by atoms with Crippen molar-refractivity contribution >= 4 is 5.96 Å². The van der Waals surface area contributed by atoms with Gasteiger partial charge in [-0.05, 0) is 37.5 Å². The molecule has 2 atom stereocenters. The van der Waals surface area contributed by atoms with Gasteiger partial charge in [0.25, 0.3) is 0 Å². The summed E-state index contributed by atoms with van der Waals surface area (Å²) in [6.45, 7) is 7.07. The summed E-state index contributed by atoms with van der Waals surface area (Å²) in [4.78, 5) is 8.39. The number of aromatic nitrogens is 1. The lowest BCUT2D eigenvalue weighted by molar-refractivity contribution is 0.0888. The molecule has 0 bridgehead atoms. The van der Waals surface area contributed by atoms with Crippen molar-refractivity contribution in [1.82, 2.24) is 15.6 Å². The van der Waals surface area contributed by atoms with Crippen LogP contribution in [0.5, 0.6) is 0 Å². The number of guanidine groups is 1. The quantitative estimate of drug-likeness (QED) is 0.333. The Morgan fingerprint density at radius 1 is 1.44 bits per heavy atom. The number of hydrogen-bond acceptors (Lipinski definition) is 5. The van der Waals surface area contributed by atoms with Crippen molar-refractivity contribution < 1.29 is 14.6 Å². The van der Waals surface area contributed by atoms with Gasteiger partial charge in [-0.25, -0.2) is 0 Å². The fourth-order valence-electron chi connectivity index (χ4n) is 2.56. The summed E-state index contributed by atoms with van der Waals surface area (Å²) < 4.78 is 11.0. The molecule has 7 heteroatoms. The van der Waals surface area contributed by atoms with Gasteiger partial charge in [-0.1, -0.05) is 0 Å². The average Bonchev–Trinajstić information content (AvgIpc) is 3.16. The molecule has 1 saturated heterocycles. The van der Waals surface area contributed by atoms with Crippen LogP contribution in [-0.2, 0) is 9.47 Å². The Labute approximate surface area is 149 Å². The number of nitrogens with one attached hydrogen (secondary N) is 2. The molecule has 3 N–H and O–H groups in total. The maximum absolute atomic E-state index is 10.2. The van der Waals surface area contributed by atoms with Gasteiger partial charge < -0.3 is 25.2 Å². The summed E-state index contributed by atoms with van der Waals surface area (Å²) in [6, 6.07) is 3.60. The van der Waals surface area contributed by atoms with Crippen LogP contribution in [0.25, 0.3) is 0 Å². The first kappa shape index (κ1) is 19.6. The standard InChI is InChI=1S/C18H30N4O3/c1-2-20-18(22-12-17(23)16-4-8-19-9-5-16)21-7-3-10-24-13-15-6-11-25-14-15/h4-5,8-9,15,17,23H,2-3,6-7,10-14H2,1H3,(H2,20,21,22). The normalized spacial score (nSPS) is 19.0. The van der Waals surface area contributed by atoms with Gasteiger partial charge in [0.1, 0.15) is 0 Å². The molecule has 0 saturated carbocycles. The third kappa shape index (κ3) is 7.81. The van der Waals surface area contributed by atoms with E-state index in [-0.39, 0.29) is 0 Å². The fourth-order valence-corrected chi connectivity index (χ4v) is 2.56. The molecule has 1 aliphatic heterocycles. The van der Waals surface area contributed by atoms with Crippen LogP contribution in [0.15, 0.2) is 29.5 Å². The van der Waals surface area contributed by atoms with E-state index in [4.69, 9.17) is 9.47 Å². The second kappa shape index (κ2) is 11.8. The monoisotopic (exact) mass is 350 g/mol. The van der Waals surface area contributed by atoms with Gasteiger partial charge >= 0.3 is 0 Å². The second-order valence-electron chi connectivity index (χ2n) is 6.10. The smallest absolute Gasteiger partial charge is 0.191 e. The van der Waals surface area contributed by atoms with E-state index < -0.39 is 6.10 Å². The second-order valence-corrected chi connectivity index (χ2v) is 6.10. The third-order valence-corrected chi connectivity index (χ3v) is 3.99. The van der Waals surface area contributed by atoms with Crippen molar-refractivity contribution in [2.75, 3.05) is 46.1 Å². The first-order chi connectivity index (χ1) is 12.3. The number of pyridine rings is 1. The minimum Gasteiger partial charge on any atom is -0.386 e. The zero-order valence-electron chi connectivity index (χ0n) is 15.0. The molecule has 2 heterocycles. The Morgan fingerprint density at radius 3 is 3.00 bits per heavy atom. The van der Waals surface area contributed by atoms with Crippen molar-refractivity contribution in [2.45, 2.75) is 25.9 Å². The number of nitrogens with zero attached hydrogens (tertiary/aromatic N) is 2. The van der Waals surface area contributed by atoms with Crippen molar-refractivity contribution in [3.63, 3.8) is 0 Å². The number of rotatable bonds is 10. The van der Waals surface area contributed by atoms with Gasteiger partial charge in [-0.15, -0.1) is 0 Å². The first-order valence-electron chi connectivity index (χ1n) is 9.05. The van der Waals surface area contributed by atoms with Crippen LogP contribution in [0, 0.1) is 5.92 Å². The Hall–Kier alpha value is -1.70. The van der Waals surface area contributed by atoms with Crippen LogP contribution in [0.3, 0.4) is 0 Å². The SMILES string of the molecule is CCNC(=NCC(O)c1ccncc1)NCCCOCC1CCOC1. The number of aliphatic imine (C=N–C) groups is 1. The number of ether oxygens (including phenoxy) is 2. The lowest BCUT2D eigenvalue weighted by atomic mass is 10.1. The highest BCUT2D eigenvalue weighted by Crippen LogP contribution is 2.12. The zero-order chi connectivity index (χ0) is 17.7. The number of aliphatic hydroxyl groups is 1. The van der Waals surface area contributed by atoms with E-state index in [2.05, 4.69) is 20.6 Å². The summed E-state index contributed by atoms with van der Waals surface area (Å²) in [5.41, 5.74) is 0.818. The van der Waals surface area contributed by atoms with Crippen molar-refractivity contribution in [1.29, 1.82) is 0 Å². The van der Waals surface area contributed by atoms with E-state index in [0.717, 1.165) is 57.9 Å². The highest BCUT2D eigenvalue weighted by atomic mass is 16.5. The molecule has 140 valence electrons. The molecular formula is C18H30N4O3. The summed E-state index contributed by atoms with van der Waals surface area (Å²) in [6.07, 6.45) is 4.72. The van der Waals surface area contributed by atoms with Crippen LogP contribution in [0.2, 0.25) is 0 Å². The number of aliphatic hydroxyl groups excluding tert-OH is 1. The summed E-state index contributed by atoms with van der Waals surface area (Å²) in [5.74, 6) is 1.27. The van der Waals surface area contributed by atoms with Gasteiger partial charge in [0, 0.05) is 44.6 Å². The number of hydrogen-bond donors (Lipinski definition) is 3. The molecule has 0 radical (unpaired) electrons. The van der Waals surface area contributed by atoms with Crippen molar-refractivity contribution in [3.8, 4) is 0 Å². The van der Waals surface area contributed by atoms with E-state index in [0.29, 0.717) is 18.4 Å². The van der Waals surface area contributed by atoms with Gasteiger partial charge in [0.2, 0.25) is 0 Å². The molecule has 1 fully saturated rings. The van der Waals surface area contributed by atoms with Crippen LogP contribution in [0.4, 0.5) is 0 Å². The highest BCUT2D eigenvalue weighted by Gasteiger charge is 2.15. The van der Waals surface area contributed by atoms with E-state index in [9.17, 15) is 5.11 Å². The van der Waals surface area contributed by atoms with Crippen molar-refractivity contribution in [2.24, 2.45) is 10.9 Å². The lowest BCUT2D eigenvalue weighted by Crippen LogP contribution is -2.38. The molecule has 25 heavy (non-hydrogen) atoms. The highest BCUT2D eigenvalue weighted by molar-refractivity contribution is 5.79. The molecule has 2 rings (SSSR count). The van der Waals surface area contributed by atoms with Gasteiger partial charge in [0.05, 0.1) is 25.9 Å². The third-order valence-electron chi connectivity index (χ3n) is 3.99. The minimum atomic E-state index is -0.629. The van der Waals surface area contributed by atoms with E-state index in [1.165, 1.54) is 0 Å². The topological polar surface area (TPSA) is 88.0 Å². The van der Waals surface area contributed by atoms with E-state index in [1.807, 2.05) is 6.92 Å². The Kier molecular flexibility index (Phi) is 9.25. The van der Waals surface area contributed by atoms with Crippen LogP contribution < -0.4 is 10.6 Å². The maximum Gasteiger partial charge on any atom is 0.191 e. The molecule has 1 aliphatic rings. The molecule has 1 aromatic heterocycles. The Morgan fingerprint density at radius 2 is 2.28 bits per heavy atom. The largest absolute Gasteiger partial charge is 0.386 e. The van der Waals surface area contributed by atoms with Crippen LogP contribution in [0.1, 0.15) is 31.4 Å². The maximum atomic E-state index is 10.2. The summed E-state index contributed by atoms with van der Waals surface area (Å²) >= 11 is 0. The predicted molar refractivity (Wildman–Crippen MR) is 97.5 cm³/mol. The molecule has 2 unspecified atom stereocenters. The van der Waals surface area contributed by atoms with Gasteiger partial charge in [-0.2, -0.15) is 0 Å². The molecule has 0 aliphatic carbocycles. The molecule has 7 nitrogen and oxygen atoms in total. The van der Waals surface area contributed by atoms with Gasteiger partial charge in [-0.3, -0.25) is 9.98 Å². The average molecular weight is 350 g/mol. The lowest BCUT2D eigenvalue weighted by Gasteiger charge is -2.13. The van der Waals surface area contributed by atoms with Crippen LogP contribution in [-0.4, -0.2) is 62.1 Å². The molecule has 0 spiro atoms. The molecule has 1 aromatic rings. The molecular weight excluding hydrogens is 320 g/mol. The minimum absolute atomic E-state index is 0.303. The molecule has 0 amide bonds. The summed E-state index contributed by atoms with van der Waals surface area (Å²) in [7, 11) is 0. The first-order valence-corrected chi connectivity index (χ1v) is 9.05. The van der Waals surface area contributed by atoms with Crippen LogP contribution >= 0.6 is 0 Å².